The number of amides is 1. The first-order chi connectivity index (χ1) is 9.19. The predicted molar refractivity (Wildman–Crippen MR) is 69.5 cm³/mol. The number of nitrogens with two attached hydrogens (primary N) is 1. The van der Waals surface area contributed by atoms with E-state index in [0.29, 0.717) is 31.7 Å². The van der Waals surface area contributed by atoms with Crippen LogP contribution in [0.4, 0.5) is 4.39 Å². The summed E-state index contributed by atoms with van der Waals surface area (Å²) < 4.78 is 23.6. The van der Waals surface area contributed by atoms with E-state index in [9.17, 15) is 9.18 Å². The van der Waals surface area contributed by atoms with Crippen LogP contribution >= 0.6 is 0 Å². The van der Waals surface area contributed by atoms with Gasteiger partial charge >= 0.3 is 0 Å². The van der Waals surface area contributed by atoms with Gasteiger partial charge in [0.2, 0.25) is 0 Å². The van der Waals surface area contributed by atoms with Gasteiger partial charge in [-0.05, 0) is 24.6 Å². The second kappa shape index (κ2) is 8.44. The molecule has 0 aliphatic carbocycles. The molecule has 1 amide bonds. The van der Waals surface area contributed by atoms with E-state index in [0.717, 1.165) is 0 Å². The molecule has 0 heterocycles. The van der Waals surface area contributed by atoms with Crippen LogP contribution in [0.1, 0.15) is 5.56 Å². The van der Waals surface area contributed by atoms with Gasteiger partial charge in [-0.15, -0.1) is 0 Å². The van der Waals surface area contributed by atoms with Crippen molar-refractivity contribution in [3.63, 3.8) is 0 Å². The normalized spacial score (nSPS) is 10.3. The number of halogens is 1. The van der Waals surface area contributed by atoms with Crippen molar-refractivity contribution in [3.05, 3.63) is 29.6 Å². The molecule has 1 rings (SSSR count). The Morgan fingerprint density at radius 1 is 1.47 bits per heavy atom. The maximum atomic E-state index is 13.6. The number of hydrogen-bond acceptors (Lipinski definition) is 4. The summed E-state index contributed by atoms with van der Waals surface area (Å²) in [6.07, 6.45) is 0.498. The van der Waals surface area contributed by atoms with Crippen LogP contribution < -0.4 is 15.8 Å². The van der Waals surface area contributed by atoms with E-state index in [-0.39, 0.29) is 18.3 Å². The quantitative estimate of drug-likeness (QED) is 0.673. The molecule has 6 heteroatoms. The maximum Gasteiger partial charge on any atom is 0.258 e. The fourth-order valence-corrected chi connectivity index (χ4v) is 1.55. The van der Waals surface area contributed by atoms with Crippen molar-refractivity contribution in [2.75, 3.05) is 33.4 Å². The zero-order valence-electron chi connectivity index (χ0n) is 10.9. The highest BCUT2D eigenvalue weighted by atomic mass is 19.1. The van der Waals surface area contributed by atoms with Crippen molar-refractivity contribution in [1.82, 2.24) is 5.32 Å². The SMILES string of the molecule is COCCNC(=O)COc1c(F)cccc1CCN. The molecule has 0 unspecified atom stereocenters. The van der Waals surface area contributed by atoms with Crippen molar-refractivity contribution in [2.45, 2.75) is 6.42 Å². The number of benzene rings is 1. The van der Waals surface area contributed by atoms with E-state index in [1.807, 2.05) is 0 Å². The van der Waals surface area contributed by atoms with Crippen LogP contribution in [0, 0.1) is 5.82 Å². The van der Waals surface area contributed by atoms with E-state index in [1.165, 1.54) is 6.07 Å². The Morgan fingerprint density at radius 3 is 2.95 bits per heavy atom. The Bertz CT molecular complexity index is 413. The van der Waals surface area contributed by atoms with Gasteiger partial charge in [0, 0.05) is 13.7 Å². The molecule has 1 aromatic carbocycles. The molecule has 0 aliphatic rings. The maximum absolute atomic E-state index is 13.6. The van der Waals surface area contributed by atoms with Gasteiger partial charge in [0.25, 0.3) is 5.91 Å². The first kappa shape index (κ1) is 15.4. The number of hydrogen-bond donors (Lipinski definition) is 2. The summed E-state index contributed by atoms with van der Waals surface area (Å²) in [5.41, 5.74) is 6.10. The van der Waals surface area contributed by atoms with Crippen molar-refractivity contribution in [3.8, 4) is 5.75 Å². The van der Waals surface area contributed by atoms with E-state index in [2.05, 4.69) is 5.32 Å². The Morgan fingerprint density at radius 2 is 2.26 bits per heavy atom. The lowest BCUT2D eigenvalue weighted by Gasteiger charge is -2.12. The third kappa shape index (κ3) is 5.23. The summed E-state index contributed by atoms with van der Waals surface area (Å²) >= 11 is 0. The Balaban J connectivity index is 2.54. The molecule has 0 aromatic heterocycles. The third-order valence-corrected chi connectivity index (χ3v) is 2.44. The van der Waals surface area contributed by atoms with Gasteiger partial charge in [0.05, 0.1) is 6.61 Å². The predicted octanol–water partition coefficient (Wildman–Crippen LogP) is 0.468. The largest absolute Gasteiger partial charge is 0.480 e. The van der Waals surface area contributed by atoms with Crippen molar-refractivity contribution in [2.24, 2.45) is 5.73 Å². The molecular weight excluding hydrogens is 251 g/mol. The number of carbonyl (C=O) groups is 1. The van der Waals surface area contributed by atoms with Gasteiger partial charge in [0.1, 0.15) is 0 Å². The molecular formula is C13H19FN2O3. The van der Waals surface area contributed by atoms with Crippen LogP contribution in [-0.2, 0) is 16.0 Å². The van der Waals surface area contributed by atoms with Gasteiger partial charge in [-0.1, -0.05) is 12.1 Å². The molecule has 0 fully saturated rings. The molecule has 0 saturated heterocycles. The highest BCUT2D eigenvalue weighted by Crippen LogP contribution is 2.22. The van der Waals surface area contributed by atoms with Crippen LogP contribution in [0.3, 0.4) is 0 Å². The summed E-state index contributed by atoms with van der Waals surface area (Å²) in [6.45, 7) is 0.970. The molecule has 19 heavy (non-hydrogen) atoms. The molecule has 106 valence electrons. The number of nitrogens with one attached hydrogen (secondary N) is 1. The summed E-state index contributed by atoms with van der Waals surface area (Å²) in [4.78, 5) is 11.4. The van der Waals surface area contributed by atoms with E-state index in [4.69, 9.17) is 15.2 Å². The zero-order chi connectivity index (χ0) is 14.1. The van der Waals surface area contributed by atoms with Crippen LogP contribution in [0.15, 0.2) is 18.2 Å². The van der Waals surface area contributed by atoms with E-state index >= 15 is 0 Å². The first-order valence-corrected chi connectivity index (χ1v) is 6.05. The van der Waals surface area contributed by atoms with Crippen molar-refractivity contribution < 1.29 is 18.7 Å². The fourth-order valence-electron chi connectivity index (χ4n) is 1.55. The molecule has 5 nitrogen and oxygen atoms in total. The van der Waals surface area contributed by atoms with Crippen LogP contribution in [0.5, 0.6) is 5.75 Å². The smallest absolute Gasteiger partial charge is 0.258 e. The lowest BCUT2D eigenvalue weighted by molar-refractivity contribution is -0.123. The molecule has 3 N–H and O–H groups in total. The third-order valence-electron chi connectivity index (χ3n) is 2.44. The number of para-hydroxylation sites is 1. The minimum atomic E-state index is -0.490. The second-order valence-electron chi connectivity index (χ2n) is 3.90. The van der Waals surface area contributed by atoms with E-state index < -0.39 is 5.82 Å². The summed E-state index contributed by atoms with van der Waals surface area (Å²) in [7, 11) is 1.54. The number of rotatable bonds is 8. The average molecular weight is 270 g/mol. The minimum Gasteiger partial charge on any atom is -0.480 e. The average Bonchev–Trinajstić information content (AvgIpc) is 2.39. The van der Waals surface area contributed by atoms with Gasteiger partial charge in [-0.2, -0.15) is 0 Å². The lowest BCUT2D eigenvalue weighted by atomic mass is 10.1. The van der Waals surface area contributed by atoms with Crippen LogP contribution in [0.2, 0.25) is 0 Å². The minimum absolute atomic E-state index is 0.0924. The standard InChI is InChI=1S/C13H19FN2O3/c1-18-8-7-16-12(17)9-19-13-10(5-6-15)3-2-4-11(13)14/h2-4H,5-9,15H2,1H3,(H,16,17). The number of ether oxygens (including phenoxy) is 2. The van der Waals surface area contributed by atoms with Gasteiger partial charge < -0.3 is 20.5 Å². The lowest BCUT2D eigenvalue weighted by Crippen LogP contribution is -2.31. The first-order valence-electron chi connectivity index (χ1n) is 6.05. The summed E-state index contributed by atoms with van der Waals surface area (Å²) in [5.74, 6) is -0.718. The number of carbonyl (C=O) groups excluding carboxylic acids is 1. The topological polar surface area (TPSA) is 73.6 Å². The molecule has 0 atom stereocenters. The molecule has 1 aromatic rings. The van der Waals surface area contributed by atoms with Gasteiger partial charge in [-0.3, -0.25) is 4.79 Å². The Kier molecular flexibility index (Phi) is 6.84. The molecule has 0 aliphatic heterocycles. The van der Waals surface area contributed by atoms with Gasteiger partial charge in [0.15, 0.2) is 18.2 Å². The summed E-state index contributed by atoms with van der Waals surface area (Å²) in [5, 5.41) is 2.59. The fraction of sp³-hybridized carbons (Fsp3) is 0.462. The molecule has 0 saturated carbocycles. The van der Waals surface area contributed by atoms with E-state index in [1.54, 1.807) is 19.2 Å². The summed E-state index contributed by atoms with van der Waals surface area (Å²) in [6, 6.07) is 4.61. The highest BCUT2D eigenvalue weighted by molar-refractivity contribution is 5.77. The molecule has 0 bridgehead atoms. The van der Waals surface area contributed by atoms with Gasteiger partial charge in [-0.25, -0.2) is 4.39 Å². The molecule has 0 spiro atoms. The Hall–Kier alpha value is -1.66. The molecule has 0 radical (unpaired) electrons. The second-order valence-corrected chi connectivity index (χ2v) is 3.90. The van der Waals surface area contributed by atoms with Crippen LogP contribution in [0.25, 0.3) is 0 Å². The highest BCUT2D eigenvalue weighted by Gasteiger charge is 2.11. The van der Waals surface area contributed by atoms with Crippen molar-refractivity contribution >= 4 is 5.91 Å². The van der Waals surface area contributed by atoms with Crippen LogP contribution in [-0.4, -0.2) is 39.3 Å². The number of methoxy groups -OCH3 is 1. The monoisotopic (exact) mass is 270 g/mol. The van der Waals surface area contributed by atoms with Crippen molar-refractivity contribution in [1.29, 1.82) is 0 Å². The Labute approximate surface area is 111 Å². The zero-order valence-corrected chi connectivity index (χ0v) is 10.9.